The molecule has 1 heterocycles. The van der Waals surface area contributed by atoms with Gasteiger partial charge in [0, 0.05) is 6.54 Å². The quantitative estimate of drug-likeness (QED) is 0.791. The fourth-order valence-electron chi connectivity index (χ4n) is 2.19. The molecule has 1 fully saturated rings. The molecule has 0 aromatic carbocycles. The summed E-state index contributed by atoms with van der Waals surface area (Å²) in [6.45, 7) is 10.4. The Morgan fingerprint density at radius 1 is 1.28 bits per heavy atom. The van der Waals surface area contributed by atoms with Crippen LogP contribution in [0.1, 0.15) is 34.6 Å². The molecule has 0 bridgehead atoms. The largest absolute Gasteiger partial charge is 0.377 e. The van der Waals surface area contributed by atoms with Gasteiger partial charge in [0.15, 0.2) is 0 Å². The molecule has 18 heavy (non-hydrogen) atoms. The van der Waals surface area contributed by atoms with Crippen LogP contribution in [0, 0.1) is 5.92 Å². The van der Waals surface area contributed by atoms with Gasteiger partial charge in [-0.15, -0.1) is 0 Å². The Labute approximate surface area is 109 Å². The summed E-state index contributed by atoms with van der Waals surface area (Å²) in [5, 5.41) is 2.72. The fourth-order valence-corrected chi connectivity index (χ4v) is 2.19. The van der Waals surface area contributed by atoms with Crippen LogP contribution in [0.5, 0.6) is 0 Å². The van der Waals surface area contributed by atoms with Crippen LogP contribution < -0.4 is 5.32 Å². The fraction of sp³-hybridized carbons (Fsp3) is 0.846. The first-order valence-corrected chi connectivity index (χ1v) is 6.57. The van der Waals surface area contributed by atoms with E-state index in [0.29, 0.717) is 13.2 Å². The van der Waals surface area contributed by atoms with E-state index >= 15 is 0 Å². The van der Waals surface area contributed by atoms with Gasteiger partial charge < -0.3 is 15.0 Å². The molecule has 0 aromatic rings. The number of amides is 2. The minimum Gasteiger partial charge on any atom is -0.377 e. The third-order valence-corrected chi connectivity index (χ3v) is 3.03. The molecule has 2 amide bonds. The first-order chi connectivity index (χ1) is 8.34. The molecule has 0 spiro atoms. The molecule has 0 saturated carbocycles. The summed E-state index contributed by atoms with van der Waals surface area (Å²) in [7, 11) is 0. The van der Waals surface area contributed by atoms with Crippen molar-refractivity contribution in [3.8, 4) is 0 Å². The van der Waals surface area contributed by atoms with Crippen LogP contribution in [-0.2, 0) is 14.3 Å². The van der Waals surface area contributed by atoms with Gasteiger partial charge in [-0.25, -0.2) is 0 Å². The van der Waals surface area contributed by atoms with E-state index in [1.54, 1.807) is 11.8 Å². The van der Waals surface area contributed by atoms with E-state index in [-0.39, 0.29) is 29.9 Å². The number of ether oxygens (including phenoxy) is 1. The van der Waals surface area contributed by atoms with Crippen molar-refractivity contribution in [2.24, 2.45) is 5.92 Å². The van der Waals surface area contributed by atoms with Crippen molar-refractivity contribution in [3.63, 3.8) is 0 Å². The lowest BCUT2D eigenvalue weighted by molar-refractivity contribution is -0.151. The SMILES string of the molecule is CC(C)OCCN1C(=O)C(C)NC(=O)C1C(C)C. The van der Waals surface area contributed by atoms with Crippen molar-refractivity contribution < 1.29 is 14.3 Å². The monoisotopic (exact) mass is 256 g/mol. The summed E-state index contributed by atoms with van der Waals surface area (Å²) < 4.78 is 5.47. The molecular weight excluding hydrogens is 232 g/mol. The Morgan fingerprint density at radius 3 is 2.39 bits per heavy atom. The number of hydrogen-bond acceptors (Lipinski definition) is 3. The van der Waals surface area contributed by atoms with Gasteiger partial charge in [-0.05, 0) is 26.7 Å². The molecule has 1 saturated heterocycles. The second-order valence-corrected chi connectivity index (χ2v) is 5.37. The zero-order valence-corrected chi connectivity index (χ0v) is 11.9. The van der Waals surface area contributed by atoms with Crippen LogP contribution in [0.25, 0.3) is 0 Å². The molecule has 0 radical (unpaired) electrons. The number of piperazine rings is 1. The van der Waals surface area contributed by atoms with Crippen molar-refractivity contribution in [2.45, 2.75) is 52.8 Å². The summed E-state index contributed by atoms with van der Waals surface area (Å²) in [6.07, 6.45) is 0.133. The average molecular weight is 256 g/mol. The first kappa shape index (κ1) is 15.0. The molecule has 5 nitrogen and oxygen atoms in total. The maximum absolute atomic E-state index is 12.1. The highest BCUT2D eigenvalue weighted by Crippen LogP contribution is 2.17. The van der Waals surface area contributed by atoms with Crippen LogP contribution in [-0.4, -0.2) is 48.1 Å². The summed E-state index contributed by atoms with van der Waals surface area (Å²) in [4.78, 5) is 25.7. The predicted octanol–water partition coefficient (Wildman–Crippen LogP) is 0.783. The van der Waals surface area contributed by atoms with Crippen molar-refractivity contribution in [1.29, 1.82) is 0 Å². The van der Waals surface area contributed by atoms with Crippen molar-refractivity contribution in [2.75, 3.05) is 13.2 Å². The van der Waals surface area contributed by atoms with Crippen LogP contribution in [0.2, 0.25) is 0 Å². The highest BCUT2D eigenvalue weighted by Gasteiger charge is 2.39. The summed E-state index contributed by atoms with van der Waals surface area (Å²) in [6, 6.07) is -0.823. The molecule has 0 aliphatic carbocycles. The van der Waals surface area contributed by atoms with Crippen LogP contribution >= 0.6 is 0 Å². The highest BCUT2D eigenvalue weighted by molar-refractivity contribution is 5.96. The lowest BCUT2D eigenvalue weighted by Gasteiger charge is -2.39. The number of hydrogen-bond donors (Lipinski definition) is 1. The third kappa shape index (κ3) is 3.45. The van der Waals surface area contributed by atoms with E-state index in [1.165, 1.54) is 0 Å². The van der Waals surface area contributed by atoms with Crippen molar-refractivity contribution >= 4 is 11.8 Å². The second kappa shape index (κ2) is 6.18. The second-order valence-electron chi connectivity index (χ2n) is 5.37. The number of nitrogens with zero attached hydrogens (tertiary/aromatic N) is 1. The number of rotatable bonds is 5. The van der Waals surface area contributed by atoms with E-state index in [1.807, 2.05) is 27.7 Å². The van der Waals surface area contributed by atoms with E-state index in [0.717, 1.165) is 0 Å². The van der Waals surface area contributed by atoms with Crippen LogP contribution in [0.4, 0.5) is 0 Å². The average Bonchev–Trinajstić information content (AvgIpc) is 2.23. The Kier molecular flexibility index (Phi) is 5.14. The van der Waals surface area contributed by atoms with Crippen molar-refractivity contribution in [3.05, 3.63) is 0 Å². The maximum atomic E-state index is 12.1. The lowest BCUT2D eigenvalue weighted by Crippen LogP contribution is -2.64. The zero-order valence-electron chi connectivity index (χ0n) is 11.9. The van der Waals surface area contributed by atoms with E-state index < -0.39 is 6.04 Å². The zero-order chi connectivity index (χ0) is 13.9. The third-order valence-electron chi connectivity index (χ3n) is 3.03. The van der Waals surface area contributed by atoms with Gasteiger partial charge in [0.2, 0.25) is 11.8 Å². The smallest absolute Gasteiger partial charge is 0.245 e. The van der Waals surface area contributed by atoms with E-state index in [9.17, 15) is 9.59 Å². The minimum absolute atomic E-state index is 0.0272. The van der Waals surface area contributed by atoms with Gasteiger partial charge in [0.1, 0.15) is 12.1 Å². The number of nitrogens with one attached hydrogen (secondary N) is 1. The highest BCUT2D eigenvalue weighted by atomic mass is 16.5. The van der Waals surface area contributed by atoms with Gasteiger partial charge in [-0.3, -0.25) is 9.59 Å². The van der Waals surface area contributed by atoms with E-state index in [4.69, 9.17) is 4.74 Å². The molecular formula is C13H24N2O3. The Balaban J connectivity index is 2.72. The molecule has 2 atom stereocenters. The van der Waals surface area contributed by atoms with Gasteiger partial charge in [0.25, 0.3) is 0 Å². The molecule has 2 unspecified atom stereocenters. The van der Waals surface area contributed by atoms with Gasteiger partial charge in [0.05, 0.1) is 12.7 Å². The van der Waals surface area contributed by atoms with Gasteiger partial charge in [-0.1, -0.05) is 13.8 Å². The standard InChI is InChI=1S/C13H24N2O3/c1-8(2)11-12(16)14-10(5)13(17)15(11)6-7-18-9(3)4/h8-11H,6-7H2,1-5H3,(H,14,16). The Bertz CT molecular complexity index is 315. The van der Waals surface area contributed by atoms with Gasteiger partial charge >= 0.3 is 0 Å². The van der Waals surface area contributed by atoms with Crippen LogP contribution in [0.3, 0.4) is 0 Å². The first-order valence-electron chi connectivity index (χ1n) is 6.57. The van der Waals surface area contributed by atoms with Crippen molar-refractivity contribution in [1.82, 2.24) is 10.2 Å². The maximum Gasteiger partial charge on any atom is 0.245 e. The summed E-state index contributed by atoms with van der Waals surface area (Å²) in [5.74, 6) is 0.00260. The lowest BCUT2D eigenvalue weighted by atomic mass is 9.97. The predicted molar refractivity (Wildman–Crippen MR) is 69.0 cm³/mol. The molecule has 1 aliphatic heterocycles. The molecule has 1 aliphatic rings. The summed E-state index contributed by atoms with van der Waals surface area (Å²) in [5.41, 5.74) is 0. The Hall–Kier alpha value is -1.10. The molecule has 1 N–H and O–H groups in total. The molecule has 5 heteroatoms. The topological polar surface area (TPSA) is 58.6 Å². The summed E-state index contributed by atoms with van der Waals surface area (Å²) >= 11 is 0. The van der Waals surface area contributed by atoms with E-state index in [2.05, 4.69) is 5.32 Å². The van der Waals surface area contributed by atoms with Crippen LogP contribution in [0.15, 0.2) is 0 Å². The molecule has 0 aromatic heterocycles. The normalized spacial score (nSPS) is 24.9. The number of carbonyl (C=O) groups is 2. The number of carbonyl (C=O) groups excluding carboxylic acids is 2. The molecule has 1 rings (SSSR count). The molecule has 104 valence electrons. The Morgan fingerprint density at radius 2 is 1.89 bits per heavy atom. The van der Waals surface area contributed by atoms with Gasteiger partial charge in [-0.2, -0.15) is 0 Å². The minimum atomic E-state index is -0.438.